The number of hydrogen-bond acceptors (Lipinski definition) is 1. The van der Waals surface area contributed by atoms with Gasteiger partial charge in [-0.05, 0) is 25.7 Å². The summed E-state index contributed by atoms with van der Waals surface area (Å²) in [5.74, 6) is 0. The van der Waals surface area contributed by atoms with Crippen LogP contribution in [0.1, 0.15) is 46.5 Å². The molecule has 1 heteroatoms. The first-order chi connectivity index (χ1) is 5.56. The van der Waals surface area contributed by atoms with E-state index < -0.39 is 0 Å². The molecule has 0 aliphatic heterocycles. The summed E-state index contributed by atoms with van der Waals surface area (Å²) in [7, 11) is 0. The van der Waals surface area contributed by atoms with Crippen LogP contribution < -0.4 is 0 Å². The molecule has 0 aromatic carbocycles. The molecule has 0 N–H and O–H groups in total. The van der Waals surface area contributed by atoms with Gasteiger partial charge in [-0.25, -0.2) is 0 Å². The molecule has 0 spiro atoms. The summed E-state index contributed by atoms with van der Waals surface area (Å²) in [6.45, 7) is 5.62. The summed E-state index contributed by atoms with van der Waals surface area (Å²) >= 11 is 0. The van der Waals surface area contributed by atoms with E-state index in [1.807, 2.05) is 20.8 Å². The van der Waals surface area contributed by atoms with Gasteiger partial charge < -0.3 is 4.79 Å². The molecule has 0 saturated heterocycles. The van der Waals surface area contributed by atoms with Crippen molar-refractivity contribution in [2.75, 3.05) is 0 Å². The van der Waals surface area contributed by atoms with Crippen LogP contribution in [0.5, 0.6) is 0 Å². The highest BCUT2D eigenvalue weighted by Gasteiger charge is 2.04. The van der Waals surface area contributed by atoms with Crippen molar-refractivity contribution >= 4 is 6.29 Å². The van der Waals surface area contributed by atoms with E-state index in [2.05, 4.69) is 12.2 Å². The van der Waals surface area contributed by atoms with Crippen LogP contribution in [0.25, 0.3) is 0 Å². The Morgan fingerprint density at radius 3 is 1.50 bits per heavy atom. The first-order valence-corrected chi connectivity index (χ1v) is 4.67. The predicted molar refractivity (Wildman–Crippen MR) is 53.1 cm³/mol. The van der Waals surface area contributed by atoms with E-state index in [0.717, 1.165) is 6.29 Å². The summed E-state index contributed by atoms with van der Waals surface area (Å²) in [4.78, 5) is 9.83. The van der Waals surface area contributed by atoms with Gasteiger partial charge in [-0.15, -0.1) is 0 Å². The van der Waals surface area contributed by atoms with Crippen molar-refractivity contribution in [3.8, 4) is 0 Å². The van der Waals surface area contributed by atoms with Crippen LogP contribution in [0.15, 0.2) is 12.2 Å². The molecule has 1 aliphatic carbocycles. The summed E-state index contributed by atoms with van der Waals surface area (Å²) in [5, 5.41) is 0. The normalized spacial score (nSPS) is 16.2. The number of carbonyl (C=O) groups excluding carboxylic acids is 1. The molecule has 0 radical (unpaired) electrons. The Morgan fingerprint density at radius 2 is 1.42 bits per heavy atom. The van der Waals surface area contributed by atoms with Gasteiger partial charge in [0.25, 0.3) is 0 Å². The molecule has 12 heavy (non-hydrogen) atoms. The third-order valence-electron chi connectivity index (χ3n) is 1.51. The lowest BCUT2D eigenvalue weighted by molar-refractivity contribution is -0.113. The molecule has 70 valence electrons. The molecular weight excluding hydrogens is 148 g/mol. The highest BCUT2D eigenvalue weighted by Crippen LogP contribution is 2.07. The lowest BCUT2D eigenvalue weighted by Gasteiger charge is -2.03. The largest absolute Gasteiger partial charge is 0.303 e. The number of aldehydes is 1. The van der Waals surface area contributed by atoms with Crippen molar-refractivity contribution in [3.63, 3.8) is 0 Å². The summed E-state index contributed by atoms with van der Waals surface area (Å²) in [6.07, 6.45) is 10.9. The van der Waals surface area contributed by atoms with E-state index in [9.17, 15) is 4.79 Å². The molecule has 0 saturated carbocycles. The van der Waals surface area contributed by atoms with Gasteiger partial charge in [0.2, 0.25) is 0 Å². The van der Waals surface area contributed by atoms with Gasteiger partial charge in [0, 0.05) is 5.41 Å². The molecule has 0 fully saturated rings. The van der Waals surface area contributed by atoms with Crippen molar-refractivity contribution in [2.45, 2.75) is 46.5 Å². The van der Waals surface area contributed by atoms with Gasteiger partial charge in [0.05, 0.1) is 0 Å². The molecule has 1 rings (SSSR count). The van der Waals surface area contributed by atoms with Gasteiger partial charge in [-0.2, -0.15) is 0 Å². The molecule has 0 aromatic rings. The molecule has 0 aromatic heterocycles. The third-order valence-corrected chi connectivity index (χ3v) is 1.51. The predicted octanol–water partition coefficient (Wildman–Crippen LogP) is 3.35. The van der Waals surface area contributed by atoms with Crippen molar-refractivity contribution in [1.29, 1.82) is 0 Å². The van der Waals surface area contributed by atoms with Crippen LogP contribution in [-0.2, 0) is 4.79 Å². The Morgan fingerprint density at radius 1 is 1.08 bits per heavy atom. The lowest BCUT2D eigenvalue weighted by atomic mass is 10.0. The number of rotatable bonds is 0. The summed E-state index contributed by atoms with van der Waals surface area (Å²) < 4.78 is 0. The molecular formula is C11H20O. The number of carbonyl (C=O) groups is 1. The van der Waals surface area contributed by atoms with E-state index in [0.29, 0.717) is 0 Å². The van der Waals surface area contributed by atoms with E-state index in [1.165, 1.54) is 25.7 Å². The third kappa shape index (κ3) is 9.41. The number of allylic oxidation sites excluding steroid dienone is 2. The zero-order chi connectivity index (χ0) is 9.45. The quantitative estimate of drug-likeness (QED) is 0.400. The molecule has 0 atom stereocenters. The van der Waals surface area contributed by atoms with E-state index in [-0.39, 0.29) is 5.41 Å². The summed E-state index contributed by atoms with van der Waals surface area (Å²) in [6, 6.07) is 0. The Labute approximate surface area is 75.9 Å². The van der Waals surface area contributed by atoms with Crippen molar-refractivity contribution in [1.82, 2.24) is 0 Å². The van der Waals surface area contributed by atoms with Gasteiger partial charge in [0.15, 0.2) is 0 Å². The minimum Gasteiger partial charge on any atom is -0.303 e. The maximum atomic E-state index is 9.83. The highest BCUT2D eigenvalue weighted by molar-refractivity contribution is 5.56. The molecule has 1 nitrogen and oxygen atoms in total. The van der Waals surface area contributed by atoms with E-state index in [1.54, 1.807) is 0 Å². The second-order valence-electron chi connectivity index (χ2n) is 4.24. The van der Waals surface area contributed by atoms with E-state index in [4.69, 9.17) is 0 Å². The van der Waals surface area contributed by atoms with Crippen LogP contribution >= 0.6 is 0 Å². The van der Waals surface area contributed by atoms with Gasteiger partial charge in [-0.3, -0.25) is 0 Å². The molecule has 1 aliphatic rings. The van der Waals surface area contributed by atoms with Gasteiger partial charge in [-0.1, -0.05) is 32.9 Å². The van der Waals surface area contributed by atoms with Crippen LogP contribution in [0.4, 0.5) is 0 Å². The average Bonchev–Trinajstić information content (AvgIpc) is 2.07. The van der Waals surface area contributed by atoms with Crippen LogP contribution in [-0.4, -0.2) is 6.29 Å². The van der Waals surface area contributed by atoms with Crippen LogP contribution in [0, 0.1) is 5.41 Å². The van der Waals surface area contributed by atoms with Crippen LogP contribution in [0.2, 0.25) is 0 Å². The second kappa shape index (κ2) is 5.99. The van der Waals surface area contributed by atoms with Gasteiger partial charge in [0.1, 0.15) is 6.29 Å². The van der Waals surface area contributed by atoms with E-state index >= 15 is 0 Å². The second-order valence-corrected chi connectivity index (χ2v) is 4.24. The fourth-order valence-electron chi connectivity index (χ4n) is 0.760. The topological polar surface area (TPSA) is 17.1 Å². The molecule has 0 bridgehead atoms. The average molecular weight is 168 g/mol. The first kappa shape index (κ1) is 11.4. The maximum absolute atomic E-state index is 9.83. The number of hydrogen-bond donors (Lipinski definition) is 0. The van der Waals surface area contributed by atoms with Crippen LogP contribution in [0.3, 0.4) is 0 Å². The summed E-state index contributed by atoms with van der Waals surface area (Å²) in [5.41, 5.74) is -0.139. The fraction of sp³-hybridized carbons (Fsp3) is 0.727. The molecule has 0 unspecified atom stereocenters. The zero-order valence-corrected chi connectivity index (χ0v) is 8.47. The van der Waals surface area contributed by atoms with Gasteiger partial charge >= 0.3 is 0 Å². The standard InChI is InChI=1S/C6H10.C5H10O/c1-2-4-6-5-3-1;1-5(2,3)4-6/h1-2H,3-6H2;4H,1-3H3. The molecule has 0 amide bonds. The fourth-order valence-corrected chi connectivity index (χ4v) is 0.760. The Kier molecular flexibility index (Phi) is 5.69. The Hall–Kier alpha value is -0.590. The Balaban J connectivity index is 0.000000202. The first-order valence-electron chi connectivity index (χ1n) is 4.67. The lowest BCUT2D eigenvalue weighted by Crippen LogP contribution is -2.04. The smallest absolute Gasteiger partial charge is 0.125 e. The monoisotopic (exact) mass is 168 g/mol. The van der Waals surface area contributed by atoms with Crippen molar-refractivity contribution in [3.05, 3.63) is 12.2 Å². The Bertz CT molecular complexity index is 132. The van der Waals surface area contributed by atoms with Crippen molar-refractivity contribution < 1.29 is 4.79 Å². The molecule has 0 heterocycles. The SMILES string of the molecule is C1=CCCCC1.CC(C)(C)C=O. The maximum Gasteiger partial charge on any atom is 0.125 e. The zero-order valence-electron chi connectivity index (χ0n) is 8.47. The minimum absolute atomic E-state index is 0.139. The van der Waals surface area contributed by atoms with Crippen molar-refractivity contribution in [2.24, 2.45) is 5.41 Å². The minimum atomic E-state index is -0.139. The highest BCUT2D eigenvalue weighted by atomic mass is 16.1.